The first-order valence-electron chi connectivity index (χ1n) is 7.46. The summed E-state index contributed by atoms with van der Waals surface area (Å²) in [6.07, 6.45) is -0.122. The first kappa shape index (κ1) is 18.0. The third-order valence-corrected chi connectivity index (χ3v) is 3.41. The minimum absolute atomic E-state index is 0.166. The Kier molecular flexibility index (Phi) is 6.89. The largest absolute Gasteiger partial charge is 0.464 e. The van der Waals surface area contributed by atoms with E-state index in [1.807, 2.05) is 44.2 Å². The van der Waals surface area contributed by atoms with Crippen LogP contribution >= 0.6 is 0 Å². The van der Waals surface area contributed by atoms with Crippen molar-refractivity contribution in [3.05, 3.63) is 35.9 Å². The summed E-state index contributed by atoms with van der Waals surface area (Å²) in [5.41, 5.74) is 0.807. The second kappa shape index (κ2) is 8.41. The van der Waals surface area contributed by atoms with Crippen LogP contribution < -0.4 is 0 Å². The van der Waals surface area contributed by atoms with Gasteiger partial charge in [-0.3, -0.25) is 4.79 Å². The highest BCUT2D eigenvalue weighted by molar-refractivity contribution is 5.71. The molecule has 0 aliphatic heterocycles. The summed E-state index contributed by atoms with van der Waals surface area (Å²) in [5.74, 6) is -0.272. The van der Waals surface area contributed by atoms with E-state index in [1.165, 1.54) is 4.90 Å². The summed E-state index contributed by atoms with van der Waals surface area (Å²) in [6, 6.07) is 9.86. The molecule has 5 heteroatoms. The van der Waals surface area contributed by atoms with Crippen LogP contribution in [0, 0.1) is 0 Å². The number of esters is 1. The van der Waals surface area contributed by atoms with E-state index in [-0.39, 0.29) is 18.0 Å². The maximum absolute atomic E-state index is 12.0. The van der Waals surface area contributed by atoms with Crippen LogP contribution in [0.2, 0.25) is 0 Å². The Bertz CT molecular complexity index is 485. The summed E-state index contributed by atoms with van der Waals surface area (Å²) in [7, 11) is 1.61. The van der Waals surface area contributed by atoms with Gasteiger partial charge in [-0.25, -0.2) is 4.79 Å². The molecule has 0 N–H and O–H groups in total. The molecule has 1 rings (SSSR count). The molecule has 0 heterocycles. The van der Waals surface area contributed by atoms with Crippen molar-refractivity contribution in [2.75, 3.05) is 26.8 Å². The highest BCUT2D eigenvalue weighted by atomic mass is 16.6. The van der Waals surface area contributed by atoms with Gasteiger partial charge in [0.2, 0.25) is 0 Å². The standard InChI is InChI=1S/C17H25NO4/c1-5-21-16(20)18(4)11-12-22-15(19)13-17(2,3)14-9-7-6-8-10-14/h6-10H,5,11-13H2,1-4H3. The molecule has 1 aromatic rings. The molecule has 0 aliphatic rings. The molecule has 22 heavy (non-hydrogen) atoms. The molecule has 0 saturated heterocycles. The Morgan fingerprint density at radius 3 is 2.36 bits per heavy atom. The smallest absolute Gasteiger partial charge is 0.409 e. The third-order valence-electron chi connectivity index (χ3n) is 3.41. The summed E-state index contributed by atoms with van der Waals surface area (Å²) < 4.78 is 10.1. The van der Waals surface area contributed by atoms with E-state index in [0.29, 0.717) is 19.6 Å². The van der Waals surface area contributed by atoms with Crippen molar-refractivity contribution in [3.63, 3.8) is 0 Å². The Hall–Kier alpha value is -2.04. The molecule has 0 spiro atoms. The average molecular weight is 307 g/mol. The lowest BCUT2D eigenvalue weighted by Crippen LogP contribution is -2.32. The zero-order valence-electron chi connectivity index (χ0n) is 13.8. The first-order valence-corrected chi connectivity index (χ1v) is 7.46. The average Bonchev–Trinajstić information content (AvgIpc) is 2.47. The van der Waals surface area contributed by atoms with Gasteiger partial charge in [0, 0.05) is 12.5 Å². The fourth-order valence-corrected chi connectivity index (χ4v) is 2.02. The Balaban J connectivity index is 2.39. The molecule has 0 aliphatic carbocycles. The molecule has 1 amide bonds. The highest BCUT2D eigenvalue weighted by Gasteiger charge is 2.25. The van der Waals surface area contributed by atoms with Crippen LogP contribution in [0.25, 0.3) is 0 Å². The zero-order chi connectivity index (χ0) is 16.6. The van der Waals surface area contributed by atoms with E-state index in [0.717, 1.165) is 5.56 Å². The normalized spacial score (nSPS) is 10.9. The van der Waals surface area contributed by atoms with Crippen LogP contribution in [0.1, 0.15) is 32.8 Å². The van der Waals surface area contributed by atoms with Gasteiger partial charge in [-0.2, -0.15) is 0 Å². The molecule has 0 saturated carbocycles. The number of nitrogens with zero attached hydrogens (tertiary/aromatic N) is 1. The lowest BCUT2D eigenvalue weighted by Gasteiger charge is -2.24. The predicted molar refractivity (Wildman–Crippen MR) is 84.7 cm³/mol. The van der Waals surface area contributed by atoms with E-state index in [1.54, 1.807) is 14.0 Å². The van der Waals surface area contributed by atoms with Crippen LogP contribution in [0.5, 0.6) is 0 Å². The van der Waals surface area contributed by atoms with Gasteiger partial charge >= 0.3 is 12.1 Å². The summed E-state index contributed by atoms with van der Waals surface area (Å²) >= 11 is 0. The molecule has 0 atom stereocenters. The van der Waals surface area contributed by atoms with Gasteiger partial charge in [0.15, 0.2) is 0 Å². The molecule has 0 aromatic heterocycles. The fourth-order valence-electron chi connectivity index (χ4n) is 2.02. The van der Waals surface area contributed by atoms with Gasteiger partial charge in [0.25, 0.3) is 0 Å². The van der Waals surface area contributed by atoms with Gasteiger partial charge < -0.3 is 14.4 Å². The van der Waals surface area contributed by atoms with E-state index < -0.39 is 6.09 Å². The minimum atomic E-state index is -0.414. The highest BCUT2D eigenvalue weighted by Crippen LogP contribution is 2.26. The SMILES string of the molecule is CCOC(=O)N(C)CCOC(=O)CC(C)(C)c1ccccc1. The molecule has 0 fully saturated rings. The van der Waals surface area contributed by atoms with Gasteiger partial charge in [-0.1, -0.05) is 44.2 Å². The molecule has 0 unspecified atom stereocenters. The van der Waals surface area contributed by atoms with Gasteiger partial charge in [0.1, 0.15) is 6.61 Å². The number of rotatable bonds is 7. The molecule has 5 nitrogen and oxygen atoms in total. The third kappa shape index (κ3) is 5.76. The Labute approximate surface area is 132 Å². The van der Waals surface area contributed by atoms with E-state index >= 15 is 0 Å². The van der Waals surface area contributed by atoms with Gasteiger partial charge in [-0.15, -0.1) is 0 Å². The summed E-state index contributed by atoms with van der Waals surface area (Å²) in [6.45, 7) is 6.57. The quantitative estimate of drug-likeness (QED) is 0.727. The molecule has 0 radical (unpaired) electrons. The number of hydrogen-bond donors (Lipinski definition) is 0. The second-order valence-electron chi connectivity index (χ2n) is 5.77. The Morgan fingerprint density at radius 1 is 1.14 bits per heavy atom. The van der Waals surface area contributed by atoms with Crippen LogP contribution in [0.4, 0.5) is 4.79 Å². The lowest BCUT2D eigenvalue weighted by atomic mass is 9.82. The molecular weight excluding hydrogens is 282 g/mol. The molecule has 0 bridgehead atoms. The van der Waals surface area contributed by atoms with Crippen molar-refractivity contribution in [3.8, 4) is 0 Å². The van der Waals surface area contributed by atoms with E-state index in [4.69, 9.17) is 9.47 Å². The van der Waals surface area contributed by atoms with Crippen molar-refractivity contribution in [1.82, 2.24) is 4.90 Å². The number of amides is 1. The summed E-state index contributed by atoms with van der Waals surface area (Å²) in [5, 5.41) is 0. The number of likely N-dealkylation sites (N-methyl/N-ethyl adjacent to an activating group) is 1. The second-order valence-corrected chi connectivity index (χ2v) is 5.77. The van der Waals surface area contributed by atoms with Crippen molar-refractivity contribution in [2.24, 2.45) is 0 Å². The fraction of sp³-hybridized carbons (Fsp3) is 0.529. The van der Waals surface area contributed by atoms with Crippen LogP contribution in [0.15, 0.2) is 30.3 Å². The topological polar surface area (TPSA) is 55.8 Å². The van der Waals surface area contributed by atoms with Gasteiger partial charge in [0.05, 0.1) is 19.6 Å². The number of carbonyl (C=O) groups is 2. The number of benzene rings is 1. The van der Waals surface area contributed by atoms with Crippen molar-refractivity contribution >= 4 is 12.1 Å². The molecule has 1 aromatic carbocycles. The summed E-state index contributed by atoms with van der Waals surface area (Å²) in [4.78, 5) is 24.7. The maximum atomic E-state index is 12.0. The number of ether oxygens (including phenoxy) is 2. The number of hydrogen-bond acceptors (Lipinski definition) is 4. The van der Waals surface area contributed by atoms with E-state index in [2.05, 4.69) is 0 Å². The van der Waals surface area contributed by atoms with Crippen LogP contribution in [-0.2, 0) is 19.7 Å². The van der Waals surface area contributed by atoms with Crippen molar-refractivity contribution < 1.29 is 19.1 Å². The monoisotopic (exact) mass is 307 g/mol. The van der Waals surface area contributed by atoms with Crippen LogP contribution in [0.3, 0.4) is 0 Å². The molecular formula is C17H25NO4. The first-order chi connectivity index (χ1) is 10.4. The molecule has 122 valence electrons. The Morgan fingerprint density at radius 2 is 1.77 bits per heavy atom. The maximum Gasteiger partial charge on any atom is 0.409 e. The van der Waals surface area contributed by atoms with Crippen molar-refractivity contribution in [2.45, 2.75) is 32.6 Å². The van der Waals surface area contributed by atoms with Crippen molar-refractivity contribution in [1.29, 1.82) is 0 Å². The predicted octanol–water partition coefficient (Wildman–Crippen LogP) is 2.99. The van der Waals surface area contributed by atoms with Crippen LogP contribution in [-0.4, -0.2) is 43.8 Å². The lowest BCUT2D eigenvalue weighted by molar-refractivity contribution is -0.145. The zero-order valence-corrected chi connectivity index (χ0v) is 13.8. The van der Waals surface area contributed by atoms with E-state index in [9.17, 15) is 9.59 Å². The minimum Gasteiger partial charge on any atom is -0.464 e. The number of carbonyl (C=O) groups excluding carboxylic acids is 2. The van der Waals surface area contributed by atoms with Gasteiger partial charge in [-0.05, 0) is 12.5 Å².